The van der Waals surface area contributed by atoms with Crippen LogP contribution in [0.4, 0.5) is 0 Å². The van der Waals surface area contributed by atoms with Crippen molar-refractivity contribution in [1.82, 2.24) is 20.2 Å². The minimum Gasteiger partial charge on any atom is -0.273 e. The second kappa shape index (κ2) is 5.65. The number of nitrogens with one attached hydrogen (secondary N) is 1. The van der Waals surface area contributed by atoms with E-state index in [-0.39, 0.29) is 0 Å². The lowest BCUT2D eigenvalue weighted by atomic mass is 10.2. The van der Waals surface area contributed by atoms with Gasteiger partial charge < -0.3 is 0 Å². The predicted molar refractivity (Wildman–Crippen MR) is 81.1 cm³/mol. The molecule has 20 heavy (non-hydrogen) atoms. The van der Waals surface area contributed by atoms with Crippen molar-refractivity contribution in [1.29, 1.82) is 0 Å². The summed E-state index contributed by atoms with van der Waals surface area (Å²) in [6, 6.07) is 9.91. The van der Waals surface area contributed by atoms with E-state index in [1.165, 1.54) is 0 Å². The first-order valence-electron chi connectivity index (χ1n) is 6.81. The van der Waals surface area contributed by atoms with E-state index in [2.05, 4.69) is 39.2 Å². The van der Waals surface area contributed by atoms with Crippen LogP contribution in [0.15, 0.2) is 42.6 Å². The average molecular weight is 264 g/mol. The maximum atomic E-state index is 4.65. The molecule has 0 atom stereocenters. The topological polar surface area (TPSA) is 54.5 Å². The first-order valence-corrected chi connectivity index (χ1v) is 6.81. The number of pyridine rings is 2. The van der Waals surface area contributed by atoms with Crippen LogP contribution in [-0.4, -0.2) is 20.2 Å². The zero-order valence-corrected chi connectivity index (χ0v) is 11.4. The molecule has 0 saturated heterocycles. The highest BCUT2D eigenvalue weighted by molar-refractivity contribution is 5.89. The molecule has 0 saturated carbocycles. The average Bonchev–Trinajstić information content (AvgIpc) is 2.92. The molecule has 0 radical (unpaired) electrons. The Morgan fingerprint density at radius 2 is 2.15 bits per heavy atom. The van der Waals surface area contributed by atoms with Gasteiger partial charge in [0.2, 0.25) is 0 Å². The number of nitrogens with zero attached hydrogens (tertiary/aromatic N) is 3. The standard InChI is InChI=1S/C16H16N4/c1-2-3-4-7-12-8-5-10-14(18-12)15-13-9-6-11-17-16(13)20-19-15/h4-11H,2-3H2,1H3,(H,17,19,20)/b7-4-. The van der Waals surface area contributed by atoms with E-state index in [4.69, 9.17) is 0 Å². The van der Waals surface area contributed by atoms with E-state index >= 15 is 0 Å². The highest BCUT2D eigenvalue weighted by Crippen LogP contribution is 2.23. The summed E-state index contributed by atoms with van der Waals surface area (Å²) in [5.41, 5.74) is 3.48. The molecule has 0 aromatic carbocycles. The van der Waals surface area contributed by atoms with Gasteiger partial charge in [-0.1, -0.05) is 25.5 Å². The van der Waals surface area contributed by atoms with Crippen molar-refractivity contribution >= 4 is 17.1 Å². The smallest absolute Gasteiger partial charge is 0.181 e. The summed E-state index contributed by atoms with van der Waals surface area (Å²) in [6.07, 6.45) is 8.17. The van der Waals surface area contributed by atoms with Gasteiger partial charge in [0.05, 0.1) is 17.1 Å². The van der Waals surface area contributed by atoms with E-state index in [1.54, 1.807) is 6.20 Å². The van der Waals surface area contributed by atoms with Gasteiger partial charge in [-0.05, 0) is 36.8 Å². The van der Waals surface area contributed by atoms with Gasteiger partial charge in [-0.25, -0.2) is 9.97 Å². The Bertz CT molecular complexity index is 743. The number of rotatable bonds is 4. The van der Waals surface area contributed by atoms with Crippen LogP contribution < -0.4 is 0 Å². The van der Waals surface area contributed by atoms with Gasteiger partial charge in [0.15, 0.2) is 5.65 Å². The Labute approximate surface area is 117 Å². The van der Waals surface area contributed by atoms with Crippen molar-refractivity contribution in [2.45, 2.75) is 19.8 Å². The van der Waals surface area contributed by atoms with E-state index in [0.29, 0.717) is 0 Å². The quantitative estimate of drug-likeness (QED) is 0.779. The van der Waals surface area contributed by atoms with Crippen LogP contribution in [0.3, 0.4) is 0 Å². The summed E-state index contributed by atoms with van der Waals surface area (Å²) in [4.78, 5) is 8.88. The van der Waals surface area contributed by atoms with Gasteiger partial charge >= 0.3 is 0 Å². The molecule has 0 aliphatic carbocycles. The van der Waals surface area contributed by atoms with Crippen molar-refractivity contribution in [3.63, 3.8) is 0 Å². The van der Waals surface area contributed by atoms with Gasteiger partial charge in [-0.15, -0.1) is 0 Å². The lowest BCUT2D eigenvalue weighted by Gasteiger charge is -2.00. The normalized spacial score (nSPS) is 11.4. The van der Waals surface area contributed by atoms with Crippen molar-refractivity contribution in [3.8, 4) is 11.4 Å². The van der Waals surface area contributed by atoms with Crippen molar-refractivity contribution < 1.29 is 0 Å². The predicted octanol–water partition coefficient (Wildman–Crippen LogP) is 3.83. The lowest BCUT2D eigenvalue weighted by molar-refractivity contribution is 0.962. The molecular weight excluding hydrogens is 248 g/mol. The number of allylic oxidation sites excluding steroid dienone is 1. The van der Waals surface area contributed by atoms with Crippen LogP contribution in [0, 0.1) is 0 Å². The molecule has 3 aromatic heterocycles. The summed E-state index contributed by atoms with van der Waals surface area (Å²) in [5.74, 6) is 0. The molecule has 3 heterocycles. The molecule has 0 spiro atoms. The van der Waals surface area contributed by atoms with Crippen molar-refractivity contribution in [2.75, 3.05) is 0 Å². The molecule has 1 N–H and O–H groups in total. The van der Waals surface area contributed by atoms with Crippen molar-refractivity contribution in [3.05, 3.63) is 48.3 Å². The minimum absolute atomic E-state index is 0.719. The van der Waals surface area contributed by atoms with Gasteiger partial charge in [0.1, 0.15) is 0 Å². The van der Waals surface area contributed by atoms with Gasteiger partial charge in [-0.2, -0.15) is 5.10 Å². The molecule has 0 bridgehead atoms. The number of H-pyrrole nitrogens is 1. The number of aromatic nitrogens is 4. The molecule has 3 aromatic rings. The maximum absolute atomic E-state index is 4.65. The molecule has 0 unspecified atom stereocenters. The Morgan fingerprint density at radius 1 is 1.20 bits per heavy atom. The largest absolute Gasteiger partial charge is 0.273 e. The summed E-state index contributed by atoms with van der Waals surface area (Å²) in [7, 11) is 0. The fourth-order valence-electron chi connectivity index (χ4n) is 2.10. The van der Waals surface area contributed by atoms with Crippen LogP contribution in [0.1, 0.15) is 25.5 Å². The van der Waals surface area contributed by atoms with Crippen LogP contribution in [0.5, 0.6) is 0 Å². The summed E-state index contributed by atoms with van der Waals surface area (Å²) >= 11 is 0. The van der Waals surface area contributed by atoms with Gasteiger partial charge in [-0.3, -0.25) is 5.10 Å². The molecule has 4 nitrogen and oxygen atoms in total. The highest BCUT2D eigenvalue weighted by atomic mass is 15.2. The van der Waals surface area contributed by atoms with Gasteiger partial charge in [0.25, 0.3) is 0 Å². The lowest BCUT2D eigenvalue weighted by Crippen LogP contribution is -1.87. The molecule has 0 aliphatic heterocycles. The van der Waals surface area contributed by atoms with Crippen LogP contribution in [-0.2, 0) is 0 Å². The molecule has 4 heteroatoms. The maximum Gasteiger partial charge on any atom is 0.181 e. The molecule has 0 aliphatic rings. The molecule has 0 amide bonds. The third-order valence-electron chi connectivity index (χ3n) is 3.10. The molecule has 3 rings (SSSR count). The van der Waals surface area contributed by atoms with Crippen LogP contribution in [0.2, 0.25) is 0 Å². The zero-order chi connectivity index (χ0) is 13.8. The fourth-order valence-corrected chi connectivity index (χ4v) is 2.10. The molecular formula is C16H16N4. The Morgan fingerprint density at radius 3 is 3.05 bits per heavy atom. The number of fused-ring (bicyclic) bond motifs is 1. The van der Waals surface area contributed by atoms with Gasteiger partial charge in [0, 0.05) is 11.6 Å². The van der Waals surface area contributed by atoms with Crippen LogP contribution in [0.25, 0.3) is 28.5 Å². The molecule has 100 valence electrons. The zero-order valence-electron chi connectivity index (χ0n) is 11.4. The third kappa shape index (κ3) is 2.45. The third-order valence-corrected chi connectivity index (χ3v) is 3.10. The Balaban J connectivity index is 2.00. The second-order valence-electron chi connectivity index (χ2n) is 4.61. The van der Waals surface area contributed by atoms with E-state index in [0.717, 1.165) is 41.0 Å². The summed E-state index contributed by atoms with van der Waals surface area (Å²) < 4.78 is 0. The monoisotopic (exact) mass is 264 g/mol. The Hall–Kier alpha value is -2.49. The SMILES string of the molecule is CCC/C=C\c1cccc(-c2[nH]nc3ncccc23)n1. The number of hydrogen-bond acceptors (Lipinski definition) is 3. The first-order chi connectivity index (χ1) is 9.88. The minimum atomic E-state index is 0.719. The number of aromatic amines is 1. The van der Waals surface area contributed by atoms with E-state index in [9.17, 15) is 0 Å². The van der Waals surface area contributed by atoms with Crippen LogP contribution >= 0.6 is 0 Å². The van der Waals surface area contributed by atoms with Crippen molar-refractivity contribution in [2.24, 2.45) is 0 Å². The Kier molecular flexibility index (Phi) is 3.54. The fraction of sp³-hybridized carbons (Fsp3) is 0.188. The number of unbranched alkanes of at least 4 members (excludes halogenated alkanes) is 1. The summed E-state index contributed by atoms with van der Waals surface area (Å²) in [6.45, 7) is 2.16. The van der Waals surface area contributed by atoms with E-state index < -0.39 is 0 Å². The molecule has 0 fully saturated rings. The van der Waals surface area contributed by atoms with E-state index in [1.807, 2.05) is 30.3 Å². The highest BCUT2D eigenvalue weighted by Gasteiger charge is 2.08. The number of hydrogen-bond donors (Lipinski definition) is 1. The summed E-state index contributed by atoms with van der Waals surface area (Å²) in [5, 5.41) is 8.23. The first kappa shape index (κ1) is 12.5. The second-order valence-corrected chi connectivity index (χ2v) is 4.61.